The summed E-state index contributed by atoms with van der Waals surface area (Å²) < 4.78 is 26.9. The molecule has 0 bridgehead atoms. The van der Waals surface area contributed by atoms with E-state index in [1.807, 2.05) is 19.1 Å². The molecule has 1 aliphatic carbocycles. The first-order chi connectivity index (χ1) is 9.46. The van der Waals surface area contributed by atoms with Gasteiger partial charge in [0.15, 0.2) is 0 Å². The second-order valence-corrected chi connectivity index (χ2v) is 7.64. The average Bonchev–Trinajstić information content (AvgIpc) is 2.83. The van der Waals surface area contributed by atoms with Crippen molar-refractivity contribution >= 4 is 10.0 Å². The molecule has 106 valence electrons. The van der Waals surface area contributed by atoms with Crippen molar-refractivity contribution < 1.29 is 8.42 Å². The van der Waals surface area contributed by atoms with E-state index in [1.54, 1.807) is 16.4 Å². The molecule has 0 amide bonds. The Balaban J connectivity index is 1.89. The van der Waals surface area contributed by atoms with E-state index >= 15 is 0 Å². The molecular weight excluding hydrogens is 270 g/mol. The minimum atomic E-state index is -3.37. The summed E-state index contributed by atoms with van der Waals surface area (Å²) in [6, 6.07) is 7.08. The van der Waals surface area contributed by atoms with Crippen molar-refractivity contribution in [1.29, 1.82) is 0 Å². The van der Waals surface area contributed by atoms with Gasteiger partial charge in [-0.25, -0.2) is 8.42 Å². The number of fused-ring (bicyclic) bond motifs is 1. The van der Waals surface area contributed by atoms with Gasteiger partial charge in [0.05, 0.1) is 4.90 Å². The molecule has 1 saturated heterocycles. The second kappa shape index (κ2) is 4.86. The lowest BCUT2D eigenvalue weighted by Gasteiger charge is -2.15. The van der Waals surface area contributed by atoms with Gasteiger partial charge in [-0.1, -0.05) is 48.4 Å². The normalized spacial score (nSPS) is 26.4. The van der Waals surface area contributed by atoms with Gasteiger partial charge in [0.1, 0.15) is 0 Å². The van der Waals surface area contributed by atoms with Crippen LogP contribution < -0.4 is 0 Å². The van der Waals surface area contributed by atoms with Crippen molar-refractivity contribution in [2.24, 2.45) is 11.8 Å². The molecule has 0 unspecified atom stereocenters. The Kier molecular flexibility index (Phi) is 3.30. The lowest BCUT2D eigenvalue weighted by atomic mass is 9.92. The van der Waals surface area contributed by atoms with E-state index in [4.69, 9.17) is 0 Å². The Labute approximate surface area is 120 Å². The third-order valence-corrected chi connectivity index (χ3v) is 5.84. The van der Waals surface area contributed by atoms with Crippen LogP contribution in [-0.4, -0.2) is 25.8 Å². The number of nitrogens with zero attached hydrogens (tertiary/aromatic N) is 1. The van der Waals surface area contributed by atoms with Gasteiger partial charge >= 0.3 is 0 Å². The van der Waals surface area contributed by atoms with Gasteiger partial charge in [0, 0.05) is 19.0 Å². The Morgan fingerprint density at radius 3 is 2.55 bits per heavy atom. The van der Waals surface area contributed by atoms with Crippen LogP contribution >= 0.6 is 0 Å². The number of hydrogen-bond donors (Lipinski definition) is 0. The van der Waals surface area contributed by atoms with Crippen LogP contribution in [-0.2, 0) is 10.0 Å². The fraction of sp³-hybridized carbons (Fsp3) is 0.375. The Hall–Kier alpha value is -1.39. The van der Waals surface area contributed by atoms with Crippen LogP contribution in [0.3, 0.4) is 0 Å². The topological polar surface area (TPSA) is 37.4 Å². The Morgan fingerprint density at radius 2 is 1.85 bits per heavy atom. The van der Waals surface area contributed by atoms with Crippen LogP contribution in [0, 0.1) is 18.8 Å². The van der Waals surface area contributed by atoms with Gasteiger partial charge in [0.2, 0.25) is 10.0 Å². The molecular formula is C16H19NO2S. The quantitative estimate of drug-likeness (QED) is 0.785. The molecule has 0 saturated carbocycles. The first-order valence-corrected chi connectivity index (χ1v) is 8.36. The molecule has 2 atom stereocenters. The van der Waals surface area contributed by atoms with Gasteiger partial charge in [-0.2, -0.15) is 4.31 Å². The van der Waals surface area contributed by atoms with Crippen molar-refractivity contribution in [2.75, 3.05) is 13.1 Å². The molecule has 3 rings (SSSR count). The fourth-order valence-electron chi connectivity index (χ4n) is 2.83. The summed E-state index contributed by atoms with van der Waals surface area (Å²) in [4.78, 5) is 0.388. The molecule has 1 aliphatic heterocycles. The minimum Gasteiger partial charge on any atom is -0.207 e. The standard InChI is InChI=1S/C16H19NO2S/c1-12-4-7-16(8-5-12)20(18,19)17-10-14-6-3-13(2)9-15(14)11-17/h3-9,13-14H,10-11H2,1-2H3/t13-,14-/m1/s1. The number of sulfonamides is 1. The molecule has 20 heavy (non-hydrogen) atoms. The van der Waals surface area contributed by atoms with Crippen LogP contribution in [0.15, 0.2) is 53.0 Å². The van der Waals surface area contributed by atoms with E-state index in [0.717, 1.165) is 5.56 Å². The van der Waals surface area contributed by atoms with Crippen LogP contribution in [0.1, 0.15) is 12.5 Å². The SMILES string of the molecule is Cc1ccc(S(=O)(=O)N2CC3=C[C@H](C)C=C[C@@H]3C2)cc1. The maximum absolute atomic E-state index is 12.6. The van der Waals surface area contributed by atoms with Crippen molar-refractivity contribution in [3.63, 3.8) is 0 Å². The van der Waals surface area contributed by atoms with E-state index in [2.05, 4.69) is 25.2 Å². The highest BCUT2D eigenvalue weighted by Gasteiger charge is 2.35. The van der Waals surface area contributed by atoms with Crippen LogP contribution in [0.4, 0.5) is 0 Å². The number of aryl methyl sites for hydroxylation is 1. The predicted molar refractivity (Wildman–Crippen MR) is 79.8 cm³/mol. The molecule has 1 aromatic carbocycles. The van der Waals surface area contributed by atoms with Gasteiger partial charge < -0.3 is 0 Å². The van der Waals surface area contributed by atoms with E-state index < -0.39 is 10.0 Å². The van der Waals surface area contributed by atoms with Gasteiger partial charge in [-0.15, -0.1) is 0 Å². The van der Waals surface area contributed by atoms with Crippen LogP contribution in [0.5, 0.6) is 0 Å². The summed E-state index contributed by atoms with van der Waals surface area (Å²) in [7, 11) is -3.37. The van der Waals surface area contributed by atoms with Gasteiger partial charge in [-0.3, -0.25) is 0 Å². The maximum Gasteiger partial charge on any atom is 0.243 e. The molecule has 0 aromatic heterocycles. The second-order valence-electron chi connectivity index (χ2n) is 5.70. The summed E-state index contributed by atoms with van der Waals surface area (Å²) in [5.74, 6) is 0.662. The first kappa shape index (κ1) is 13.6. The number of allylic oxidation sites excluding steroid dienone is 2. The molecule has 1 heterocycles. The number of rotatable bonds is 2. The van der Waals surface area contributed by atoms with Crippen LogP contribution in [0.2, 0.25) is 0 Å². The molecule has 1 fully saturated rings. The molecule has 0 radical (unpaired) electrons. The van der Waals surface area contributed by atoms with Gasteiger partial charge in [-0.05, 0) is 25.0 Å². The first-order valence-electron chi connectivity index (χ1n) is 6.92. The Morgan fingerprint density at radius 1 is 1.15 bits per heavy atom. The predicted octanol–water partition coefficient (Wildman–Crippen LogP) is 2.75. The van der Waals surface area contributed by atoms with Crippen molar-refractivity contribution in [2.45, 2.75) is 18.7 Å². The Bertz CT molecular complexity index is 671. The summed E-state index contributed by atoms with van der Waals surface area (Å²) in [6.07, 6.45) is 6.48. The molecule has 0 spiro atoms. The maximum atomic E-state index is 12.6. The summed E-state index contributed by atoms with van der Waals surface area (Å²) in [6.45, 7) is 5.16. The summed E-state index contributed by atoms with van der Waals surface area (Å²) in [5, 5.41) is 0. The van der Waals surface area contributed by atoms with E-state index in [-0.39, 0.29) is 5.92 Å². The zero-order chi connectivity index (χ0) is 14.3. The summed E-state index contributed by atoms with van der Waals surface area (Å²) in [5.41, 5.74) is 2.30. The lowest BCUT2D eigenvalue weighted by molar-refractivity contribution is 0.471. The highest BCUT2D eigenvalue weighted by atomic mass is 32.2. The van der Waals surface area contributed by atoms with Gasteiger partial charge in [0.25, 0.3) is 0 Å². The molecule has 3 nitrogen and oxygen atoms in total. The zero-order valence-electron chi connectivity index (χ0n) is 11.8. The third kappa shape index (κ3) is 2.34. The van der Waals surface area contributed by atoms with E-state index in [9.17, 15) is 8.42 Å². The summed E-state index contributed by atoms with van der Waals surface area (Å²) >= 11 is 0. The smallest absolute Gasteiger partial charge is 0.207 e. The molecule has 1 aromatic rings. The van der Waals surface area contributed by atoms with Crippen molar-refractivity contribution in [1.82, 2.24) is 4.31 Å². The van der Waals surface area contributed by atoms with Crippen molar-refractivity contribution in [3.8, 4) is 0 Å². The lowest BCUT2D eigenvalue weighted by Crippen LogP contribution is -2.28. The average molecular weight is 289 g/mol. The number of hydrogen-bond acceptors (Lipinski definition) is 2. The monoisotopic (exact) mass is 289 g/mol. The number of benzene rings is 1. The third-order valence-electron chi connectivity index (χ3n) is 4.02. The van der Waals surface area contributed by atoms with E-state index in [0.29, 0.717) is 23.9 Å². The minimum absolute atomic E-state index is 0.256. The van der Waals surface area contributed by atoms with Crippen molar-refractivity contribution in [3.05, 3.63) is 53.6 Å². The highest BCUT2D eigenvalue weighted by Crippen LogP contribution is 2.32. The van der Waals surface area contributed by atoms with E-state index in [1.165, 1.54) is 5.57 Å². The van der Waals surface area contributed by atoms with Crippen LogP contribution in [0.25, 0.3) is 0 Å². The fourth-order valence-corrected chi connectivity index (χ4v) is 4.28. The highest BCUT2D eigenvalue weighted by molar-refractivity contribution is 7.89. The molecule has 0 N–H and O–H groups in total. The zero-order valence-corrected chi connectivity index (χ0v) is 12.6. The largest absolute Gasteiger partial charge is 0.243 e. The molecule has 2 aliphatic rings. The molecule has 4 heteroatoms.